The highest BCUT2D eigenvalue weighted by atomic mass is 16.5. The van der Waals surface area contributed by atoms with Crippen molar-refractivity contribution < 1.29 is 19.7 Å². The number of carbonyl (C=O) groups excluding carboxylic acids is 1. The Bertz CT molecular complexity index is 677. The van der Waals surface area contributed by atoms with Crippen molar-refractivity contribution in [2.45, 2.75) is 57.3 Å². The molecule has 0 aromatic carbocycles. The van der Waals surface area contributed by atoms with Gasteiger partial charge in [-0.15, -0.1) is 0 Å². The number of Topliss-reactive ketones (excluding diaryl/α,β-unsaturated/α-hetero) is 1. The second-order valence-corrected chi connectivity index (χ2v) is 7.34. The number of carbonyl (C=O) groups is 1. The van der Waals surface area contributed by atoms with E-state index >= 15 is 0 Å². The first-order valence-electron chi connectivity index (χ1n) is 8.33. The molecule has 1 saturated heterocycles. The van der Waals surface area contributed by atoms with Gasteiger partial charge in [-0.1, -0.05) is 11.6 Å². The Morgan fingerprint density at radius 3 is 2.87 bits per heavy atom. The van der Waals surface area contributed by atoms with Crippen LogP contribution in [0.3, 0.4) is 0 Å². The molecule has 4 aliphatic rings. The van der Waals surface area contributed by atoms with Gasteiger partial charge >= 0.3 is 0 Å². The molecule has 5 nitrogen and oxygen atoms in total. The maximum absolute atomic E-state index is 12.5. The molecule has 3 bridgehead atoms. The summed E-state index contributed by atoms with van der Waals surface area (Å²) in [4.78, 5) is 12.5. The minimum atomic E-state index is -1.04. The molecule has 0 unspecified atom stereocenters. The fourth-order valence-electron chi connectivity index (χ4n) is 5.08. The third kappa shape index (κ3) is 1.72. The zero-order chi connectivity index (χ0) is 16.4. The number of ketones is 1. The van der Waals surface area contributed by atoms with Crippen LogP contribution in [0.1, 0.15) is 39.5 Å². The van der Waals surface area contributed by atoms with Gasteiger partial charge in [-0.2, -0.15) is 0 Å². The first kappa shape index (κ1) is 15.0. The van der Waals surface area contributed by atoms with Gasteiger partial charge in [-0.05, 0) is 51.3 Å². The Kier molecular flexibility index (Phi) is 3.06. The van der Waals surface area contributed by atoms with E-state index in [2.05, 4.69) is 5.32 Å². The molecule has 0 radical (unpaired) electrons. The molecule has 0 amide bonds. The van der Waals surface area contributed by atoms with Crippen LogP contribution in [0.2, 0.25) is 0 Å². The van der Waals surface area contributed by atoms with E-state index in [1.54, 1.807) is 6.08 Å². The monoisotopic (exact) mass is 317 g/mol. The van der Waals surface area contributed by atoms with Crippen LogP contribution in [0.5, 0.6) is 0 Å². The first-order valence-corrected chi connectivity index (χ1v) is 8.33. The van der Waals surface area contributed by atoms with E-state index < -0.39 is 17.1 Å². The fraction of sp³-hybridized carbons (Fsp3) is 0.611. The highest BCUT2D eigenvalue weighted by Crippen LogP contribution is 2.60. The molecule has 4 rings (SSSR count). The molecule has 0 aromatic rings. The van der Waals surface area contributed by atoms with Gasteiger partial charge in [0.1, 0.15) is 0 Å². The maximum atomic E-state index is 12.5. The zero-order valence-corrected chi connectivity index (χ0v) is 13.6. The SMILES string of the molecule is CC1=C2O[C@H]3C(=O)CC[C@@]4(O)[C@@H](C/C(C)=C/C=C\2O)NCC[C@]134. The molecule has 2 fully saturated rings. The molecule has 3 N–H and O–H groups in total. The maximum Gasteiger partial charge on any atom is 0.174 e. The van der Waals surface area contributed by atoms with Gasteiger partial charge in [0.15, 0.2) is 23.4 Å². The van der Waals surface area contributed by atoms with Crippen molar-refractivity contribution in [2.75, 3.05) is 6.54 Å². The van der Waals surface area contributed by atoms with Crippen LogP contribution in [0.15, 0.2) is 34.8 Å². The fourth-order valence-corrected chi connectivity index (χ4v) is 5.08. The molecule has 2 aliphatic heterocycles. The minimum absolute atomic E-state index is 0.0291. The van der Waals surface area contributed by atoms with Crippen molar-refractivity contribution in [2.24, 2.45) is 5.41 Å². The molecule has 1 saturated carbocycles. The molecule has 1 spiro atoms. The highest BCUT2D eigenvalue weighted by Gasteiger charge is 2.69. The summed E-state index contributed by atoms with van der Waals surface area (Å²) in [6.07, 6.45) is 4.88. The van der Waals surface area contributed by atoms with Crippen LogP contribution >= 0.6 is 0 Å². The Hall–Kier alpha value is -1.59. The summed E-state index contributed by atoms with van der Waals surface area (Å²) < 4.78 is 5.94. The third-order valence-electron chi connectivity index (χ3n) is 6.28. The Morgan fingerprint density at radius 2 is 2.09 bits per heavy atom. The standard InChI is InChI=1S/C18H23NO4/c1-10-3-4-12(20)15-11(2)17-7-8-19-14(9-10)18(17,22)6-5-13(21)16(17)23-15/h3-4,14,16,19-20,22H,5-9H2,1-2H3/b10-3+,12-4+/t14-,16+,17+,18-/m1/s1. The first-order chi connectivity index (χ1) is 10.9. The van der Waals surface area contributed by atoms with E-state index in [-0.39, 0.29) is 17.6 Å². The molecule has 0 aromatic heterocycles. The van der Waals surface area contributed by atoms with Crippen molar-refractivity contribution in [3.8, 4) is 0 Å². The van der Waals surface area contributed by atoms with Gasteiger partial charge in [0, 0.05) is 12.5 Å². The average molecular weight is 317 g/mol. The van der Waals surface area contributed by atoms with Gasteiger partial charge in [-0.3, -0.25) is 4.79 Å². The largest absolute Gasteiger partial charge is 0.504 e. The normalized spacial score (nSPS) is 47.3. The van der Waals surface area contributed by atoms with Gasteiger partial charge < -0.3 is 20.3 Å². The van der Waals surface area contributed by atoms with E-state index in [0.717, 1.165) is 17.7 Å². The minimum Gasteiger partial charge on any atom is -0.504 e. The molecule has 5 heteroatoms. The van der Waals surface area contributed by atoms with Crippen molar-refractivity contribution in [3.63, 3.8) is 0 Å². The number of aliphatic hydroxyl groups excluding tert-OH is 1. The van der Waals surface area contributed by atoms with Crippen LogP contribution in [0, 0.1) is 5.41 Å². The van der Waals surface area contributed by atoms with Gasteiger partial charge in [0.2, 0.25) is 0 Å². The average Bonchev–Trinajstić information content (AvgIpc) is 2.82. The van der Waals surface area contributed by atoms with Gasteiger partial charge in [-0.25, -0.2) is 0 Å². The van der Waals surface area contributed by atoms with Crippen molar-refractivity contribution in [1.29, 1.82) is 0 Å². The van der Waals surface area contributed by atoms with E-state index in [1.807, 2.05) is 19.9 Å². The topological polar surface area (TPSA) is 78.8 Å². The second kappa shape index (κ2) is 4.71. The molecule has 2 aliphatic carbocycles. The molecule has 2 heterocycles. The summed E-state index contributed by atoms with van der Waals surface area (Å²) in [5.41, 5.74) is 0.119. The number of ether oxygens (including phenoxy) is 1. The Labute approximate surface area is 135 Å². The van der Waals surface area contributed by atoms with Gasteiger partial charge in [0.05, 0.1) is 11.0 Å². The van der Waals surface area contributed by atoms with Crippen LogP contribution in [0.4, 0.5) is 0 Å². The third-order valence-corrected chi connectivity index (χ3v) is 6.28. The molecular formula is C18H23NO4. The van der Waals surface area contributed by atoms with Crippen LogP contribution in [0.25, 0.3) is 0 Å². The number of allylic oxidation sites excluding steroid dienone is 2. The lowest BCUT2D eigenvalue weighted by atomic mass is 9.52. The van der Waals surface area contributed by atoms with Crippen molar-refractivity contribution in [3.05, 3.63) is 34.8 Å². The number of piperidine rings is 1. The summed E-state index contributed by atoms with van der Waals surface area (Å²) in [5, 5.41) is 25.6. The van der Waals surface area contributed by atoms with Gasteiger partial charge in [0.25, 0.3) is 0 Å². The molecular weight excluding hydrogens is 294 g/mol. The number of rotatable bonds is 0. The van der Waals surface area contributed by atoms with E-state index in [9.17, 15) is 15.0 Å². The second-order valence-electron chi connectivity index (χ2n) is 7.34. The van der Waals surface area contributed by atoms with E-state index in [1.165, 1.54) is 0 Å². The number of nitrogens with one attached hydrogen (secondary N) is 1. The Balaban J connectivity index is 1.99. The summed E-state index contributed by atoms with van der Waals surface area (Å²) in [6, 6.07) is -0.116. The lowest BCUT2D eigenvalue weighted by molar-refractivity contribution is -0.183. The van der Waals surface area contributed by atoms with Crippen LogP contribution in [-0.2, 0) is 9.53 Å². The lowest BCUT2D eigenvalue weighted by Crippen LogP contribution is -2.71. The number of hydrogen-bond acceptors (Lipinski definition) is 5. The number of aliphatic hydroxyl groups is 2. The molecule has 23 heavy (non-hydrogen) atoms. The zero-order valence-electron chi connectivity index (χ0n) is 13.6. The molecule has 124 valence electrons. The Morgan fingerprint density at radius 1 is 1.30 bits per heavy atom. The van der Waals surface area contributed by atoms with E-state index in [0.29, 0.717) is 31.4 Å². The lowest BCUT2D eigenvalue weighted by Gasteiger charge is -2.57. The summed E-state index contributed by atoms with van der Waals surface area (Å²) in [5.74, 6) is 0.439. The van der Waals surface area contributed by atoms with Crippen molar-refractivity contribution >= 4 is 5.78 Å². The summed E-state index contributed by atoms with van der Waals surface area (Å²) >= 11 is 0. The van der Waals surface area contributed by atoms with Crippen LogP contribution < -0.4 is 5.32 Å². The quantitative estimate of drug-likeness (QED) is 0.636. The van der Waals surface area contributed by atoms with Crippen LogP contribution in [-0.4, -0.2) is 40.3 Å². The van der Waals surface area contributed by atoms with E-state index in [4.69, 9.17) is 4.74 Å². The smallest absolute Gasteiger partial charge is 0.174 e. The summed E-state index contributed by atoms with van der Waals surface area (Å²) in [7, 11) is 0. The number of hydrogen-bond donors (Lipinski definition) is 3. The highest BCUT2D eigenvalue weighted by molar-refractivity contribution is 5.87. The molecule has 4 atom stereocenters. The predicted octanol–water partition coefficient (Wildman–Crippen LogP) is 1.89. The summed E-state index contributed by atoms with van der Waals surface area (Å²) in [6.45, 7) is 4.61. The van der Waals surface area contributed by atoms with Crippen molar-refractivity contribution in [1.82, 2.24) is 5.32 Å². The predicted molar refractivity (Wildman–Crippen MR) is 84.7 cm³/mol.